The molecule has 6 atom stereocenters. The standard InChI is InChI=1S/C33H45NO5S/c1-22-10-15-29(28(20-22)39-30-9-5-7-19-38-30)40(36,37)31(34-21-35)27-14-13-25-24-12-11-23-8-4-6-17-32(23,2)26(24)16-18-33(25,27)3/h10-11,15,20-21,24-26,30H,4-9,12-14,16-19H2,1-3H3,(H,34,35)/t24-,25-,26-,30?,32-,33-/m0/s1. The van der Waals surface area contributed by atoms with Crippen LogP contribution in [0.4, 0.5) is 0 Å². The summed E-state index contributed by atoms with van der Waals surface area (Å²) in [6, 6.07) is 5.19. The van der Waals surface area contributed by atoms with Gasteiger partial charge in [0, 0.05) is 6.42 Å². The van der Waals surface area contributed by atoms with Crippen LogP contribution in [0.2, 0.25) is 0 Å². The lowest BCUT2D eigenvalue weighted by atomic mass is 9.48. The van der Waals surface area contributed by atoms with E-state index in [1.807, 2.05) is 6.92 Å². The summed E-state index contributed by atoms with van der Waals surface area (Å²) in [4.78, 5) is 12.0. The van der Waals surface area contributed by atoms with Crippen molar-refractivity contribution in [1.82, 2.24) is 5.32 Å². The van der Waals surface area contributed by atoms with Gasteiger partial charge in [-0.15, -0.1) is 0 Å². The molecule has 40 heavy (non-hydrogen) atoms. The molecular formula is C33H45NO5S. The lowest BCUT2D eigenvalue weighted by molar-refractivity contribution is -0.109. The average Bonchev–Trinajstić information content (AvgIpc) is 3.28. The van der Waals surface area contributed by atoms with E-state index < -0.39 is 16.1 Å². The minimum absolute atomic E-state index is 0.0696. The molecular weight excluding hydrogens is 522 g/mol. The molecule has 0 spiro atoms. The second kappa shape index (κ2) is 10.6. The number of rotatable bonds is 6. The van der Waals surface area contributed by atoms with Gasteiger partial charge in [0.15, 0.2) is 6.29 Å². The Labute approximate surface area is 239 Å². The third kappa shape index (κ3) is 4.56. The van der Waals surface area contributed by atoms with Crippen molar-refractivity contribution < 1.29 is 22.7 Å². The van der Waals surface area contributed by atoms with Crippen LogP contribution in [-0.4, -0.2) is 27.7 Å². The van der Waals surface area contributed by atoms with Crippen LogP contribution in [0.3, 0.4) is 0 Å². The van der Waals surface area contributed by atoms with Crippen molar-refractivity contribution in [3.8, 4) is 5.75 Å². The van der Waals surface area contributed by atoms with Gasteiger partial charge in [0.05, 0.1) is 6.61 Å². The minimum atomic E-state index is -4.05. The maximum atomic E-state index is 14.4. The zero-order valence-corrected chi connectivity index (χ0v) is 25.2. The van der Waals surface area contributed by atoms with Crippen molar-refractivity contribution in [2.75, 3.05) is 6.61 Å². The van der Waals surface area contributed by atoms with E-state index in [9.17, 15) is 13.2 Å². The lowest BCUT2D eigenvalue weighted by Gasteiger charge is -2.57. The number of fused-ring (bicyclic) bond motifs is 5. The highest BCUT2D eigenvalue weighted by Gasteiger charge is 2.58. The summed E-state index contributed by atoms with van der Waals surface area (Å²) < 4.78 is 40.8. The average molecular weight is 568 g/mol. The normalized spacial score (nSPS) is 36.9. The van der Waals surface area contributed by atoms with Crippen molar-refractivity contribution in [2.45, 2.75) is 109 Å². The number of ether oxygens (including phenoxy) is 2. The van der Waals surface area contributed by atoms with Gasteiger partial charge < -0.3 is 14.8 Å². The van der Waals surface area contributed by atoms with Crippen LogP contribution in [0.5, 0.6) is 5.75 Å². The Bertz CT molecular complexity index is 1330. The van der Waals surface area contributed by atoms with Crippen molar-refractivity contribution in [1.29, 1.82) is 0 Å². The maximum absolute atomic E-state index is 14.4. The molecule has 0 radical (unpaired) electrons. The topological polar surface area (TPSA) is 81.7 Å². The molecule has 1 N–H and O–H groups in total. The summed E-state index contributed by atoms with van der Waals surface area (Å²) in [5.74, 6) is 1.94. The van der Waals surface area contributed by atoms with Gasteiger partial charge >= 0.3 is 0 Å². The Balaban J connectivity index is 1.38. The van der Waals surface area contributed by atoms with Gasteiger partial charge in [-0.05, 0) is 123 Å². The third-order valence-corrected chi connectivity index (χ3v) is 13.1. The van der Waals surface area contributed by atoms with E-state index >= 15 is 0 Å². The van der Waals surface area contributed by atoms with Crippen LogP contribution in [0.25, 0.3) is 0 Å². The molecule has 0 bridgehead atoms. The van der Waals surface area contributed by atoms with Gasteiger partial charge in [-0.2, -0.15) is 0 Å². The molecule has 0 aromatic heterocycles. The molecule has 1 heterocycles. The summed E-state index contributed by atoms with van der Waals surface area (Å²) in [7, 11) is -4.05. The lowest BCUT2D eigenvalue weighted by Crippen LogP contribution is -2.48. The summed E-state index contributed by atoms with van der Waals surface area (Å²) in [5, 5.41) is 2.77. The fraction of sp³-hybridized carbons (Fsp3) is 0.667. The van der Waals surface area contributed by atoms with E-state index in [1.54, 1.807) is 23.8 Å². The van der Waals surface area contributed by atoms with E-state index in [1.165, 1.54) is 25.7 Å². The number of carbonyl (C=O) groups is 1. The predicted molar refractivity (Wildman–Crippen MR) is 155 cm³/mol. The van der Waals surface area contributed by atoms with E-state index in [0.29, 0.717) is 48.4 Å². The number of carbonyl (C=O) groups excluding carboxylic acids is 1. The summed E-state index contributed by atoms with van der Waals surface area (Å²) in [6.07, 6.45) is 15.3. The molecule has 6 nitrogen and oxygen atoms in total. The van der Waals surface area contributed by atoms with Crippen LogP contribution in [-0.2, 0) is 19.4 Å². The number of benzene rings is 1. The smallest absolute Gasteiger partial charge is 0.225 e. The Hall–Kier alpha value is -2.12. The first-order valence-corrected chi connectivity index (χ1v) is 16.9. The van der Waals surface area contributed by atoms with Crippen LogP contribution in [0.1, 0.15) is 96.5 Å². The Kier molecular flexibility index (Phi) is 7.44. The zero-order chi connectivity index (χ0) is 28.1. The highest BCUT2D eigenvalue weighted by Crippen LogP contribution is 2.66. The Morgan fingerprint density at radius 2 is 1.85 bits per heavy atom. The summed E-state index contributed by atoms with van der Waals surface area (Å²) in [5.41, 5.74) is 3.52. The molecule has 1 saturated heterocycles. The molecule has 4 aliphatic carbocycles. The molecule has 1 unspecified atom stereocenters. The number of amides is 1. The van der Waals surface area contributed by atoms with Crippen molar-refractivity contribution in [3.05, 3.63) is 46.0 Å². The molecule has 4 fully saturated rings. The largest absolute Gasteiger partial charge is 0.464 e. The highest BCUT2D eigenvalue weighted by molar-refractivity contribution is 7.95. The van der Waals surface area contributed by atoms with E-state index in [0.717, 1.165) is 56.1 Å². The van der Waals surface area contributed by atoms with Crippen LogP contribution >= 0.6 is 0 Å². The summed E-state index contributed by atoms with van der Waals surface area (Å²) in [6.45, 7) is 7.30. The number of aryl methyl sites for hydroxylation is 1. The first kappa shape index (κ1) is 28.0. The molecule has 6 rings (SSSR count). The first-order valence-electron chi connectivity index (χ1n) is 15.5. The van der Waals surface area contributed by atoms with E-state index in [2.05, 4.69) is 25.2 Å². The van der Waals surface area contributed by atoms with Crippen LogP contribution in [0, 0.1) is 35.5 Å². The quantitative estimate of drug-likeness (QED) is 0.296. The second-order valence-electron chi connectivity index (χ2n) is 13.4. The fourth-order valence-corrected chi connectivity index (χ4v) is 11.0. The summed E-state index contributed by atoms with van der Waals surface area (Å²) >= 11 is 0. The zero-order valence-electron chi connectivity index (χ0n) is 24.3. The molecule has 1 aromatic carbocycles. The van der Waals surface area contributed by atoms with Gasteiger partial charge in [-0.25, -0.2) is 8.42 Å². The van der Waals surface area contributed by atoms with Gasteiger partial charge in [0.25, 0.3) is 0 Å². The number of allylic oxidation sites excluding steroid dienone is 3. The monoisotopic (exact) mass is 567 g/mol. The SMILES string of the molecule is Cc1ccc(S(=O)(=O)C(NC=O)=C2CC[C@H]3[C@@H]4CC=C5CCCC[C@]5(C)[C@H]4CC[C@]23C)c(OC2CCCCO2)c1. The third-order valence-electron chi connectivity index (χ3n) is 11.3. The second-order valence-corrected chi connectivity index (χ2v) is 15.3. The Morgan fingerprint density at radius 3 is 2.62 bits per heavy atom. The van der Waals surface area contributed by atoms with Crippen molar-refractivity contribution >= 4 is 16.2 Å². The van der Waals surface area contributed by atoms with E-state index in [-0.39, 0.29) is 15.3 Å². The van der Waals surface area contributed by atoms with Gasteiger partial charge in [0.1, 0.15) is 15.7 Å². The van der Waals surface area contributed by atoms with Gasteiger partial charge in [-0.3, -0.25) is 4.79 Å². The van der Waals surface area contributed by atoms with Crippen molar-refractivity contribution in [3.63, 3.8) is 0 Å². The minimum Gasteiger partial charge on any atom is -0.464 e. The molecule has 1 amide bonds. The highest BCUT2D eigenvalue weighted by atomic mass is 32.2. The number of sulfone groups is 1. The predicted octanol–water partition coefficient (Wildman–Crippen LogP) is 6.98. The molecule has 3 saturated carbocycles. The maximum Gasteiger partial charge on any atom is 0.225 e. The van der Waals surface area contributed by atoms with Crippen molar-refractivity contribution in [2.24, 2.45) is 28.6 Å². The van der Waals surface area contributed by atoms with Crippen LogP contribution < -0.4 is 10.1 Å². The molecule has 7 heteroatoms. The van der Waals surface area contributed by atoms with Gasteiger partial charge in [0.2, 0.25) is 16.2 Å². The fourth-order valence-electron chi connectivity index (χ4n) is 9.25. The first-order chi connectivity index (χ1) is 19.2. The van der Waals surface area contributed by atoms with Gasteiger partial charge in [-0.1, -0.05) is 38.0 Å². The van der Waals surface area contributed by atoms with Crippen LogP contribution in [0.15, 0.2) is 45.3 Å². The molecule has 5 aliphatic rings. The number of hydrogen-bond donors (Lipinski definition) is 1. The Morgan fingerprint density at radius 1 is 1.02 bits per heavy atom. The number of hydrogen-bond acceptors (Lipinski definition) is 5. The molecule has 218 valence electrons. The molecule has 1 aromatic rings. The van der Waals surface area contributed by atoms with E-state index in [4.69, 9.17) is 9.47 Å². The number of nitrogens with one attached hydrogen (secondary N) is 1. The molecule has 1 aliphatic heterocycles.